The van der Waals surface area contributed by atoms with Crippen LogP contribution in [-0.2, 0) is 0 Å². The molecule has 0 radical (unpaired) electrons. The topological polar surface area (TPSA) is 21.3 Å². The second kappa shape index (κ2) is 13.6. The number of fused-ring (bicyclic) bond motifs is 6. The molecule has 268 valence electrons. The van der Waals surface area contributed by atoms with Crippen LogP contribution in [0.15, 0.2) is 223 Å². The van der Waals surface area contributed by atoms with E-state index in [-0.39, 0.29) is 0 Å². The average Bonchev–Trinajstić information content (AvgIpc) is 3.84. The summed E-state index contributed by atoms with van der Waals surface area (Å²) in [6, 6.07) is 77.9. The summed E-state index contributed by atoms with van der Waals surface area (Å²) in [6.45, 7) is 0. The summed E-state index contributed by atoms with van der Waals surface area (Å²) >= 11 is 0. The molecule has 9 aromatic carbocycles. The minimum Gasteiger partial charge on any atom is -0.455 e. The van der Waals surface area contributed by atoms with Crippen molar-refractivity contribution < 1.29 is 4.42 Å². The first-order valence-corrected chi connectivity index (χ1v) is 19.4. The normalized spacial score (nSPS) is 11.5. The minimum atomic E-state index is 0.833. The smallest absolute Gasteiger partial charge is 0.145 e. The summed E-state index contributed by atoms with van der Waals surface area (Å²) in [6.07, 6.45) is 0. The Kier molecular flexibility index (Phi) is 7.82. The highest BCUT2D eigenvalue weighted by Gasteiger charge is 2.22. The van der Waals surface area contributed by atoms with Crippen molar-refractivity contribution >= 4 is 60.8 Å². The lowest BCUT2D eigenvalue weighted by Crippen LogP contribution is -2.09. The van der Waals surface area contributed by atoms with E-state index in [2.05, 4.69) is 228 Å². The largest absolute Gasteiger partial charge is 0.455 e. The lowest BCUT2D eigenvalue weighted by molar-refractivity contribution is 0.670. The van der Waals surface area contributed by atoms with Crippen molar-refractivity contribution in [1.82, 2.24) is 4.57 Å². The summed E-state index contributed by atoms with van der Waals surface area (Å²) in [5.74, 6) is 0. The Labute approximate surface area is 330 Å². The van der Waals surface area contributed by atoms with Crippen molar-refractivity contribution in [2.24, 2.45) is 0 Å². The van der Waals surface area contributed by atoms with Crippen LogP contribution >= 0.6 is 0 Å². The first-order valence-electron chi connectivity index (χ1n) is 19.4. The zero-order chi connectivity index (χ0) is 37.7. The average molecular weight is 729 g/mol. The van der Waals surface area contributed by atoms with Crippen LogP contribution in [0.2, 0.25) is 0 Å². The van der Waals surface area contributed by atoms with Crippen LogP contribution in [-0.4, -0.2) is 4.57 Å². The zero-order valence-corrected chi connectivity index (χ0v) is 31.1. The summed E-state index contributed by atoms with van der Waals surface area (Å²) in [7, 11) is 0. The quantitative estimate of drug-likeness (QED) is 0.163. The predicted octanol–water partition coefficient (Wildman–Crippen LogP) is 15.2. The minimum absolute atomic E-state index is 0.833. The molecule has 0 fully saturated rings. The lowest BCUT2D eigenvalue weighted by atomic mass is 10.0. The number of nitrogens with zero attached hydrogens (tertiary/aromatic N) is 2. The Morgan fingerprint density at radius 3 is 1.35 bits per heavy atom. The Balaban J connectivity index is 1.12. The van der Waals surface area contributed by atoms with Crippen LogP contribution in [0.5, 0.6) is 0 Å². The van der Waals surface area contributed by atoms with Gasteiger partial charge in [-0.3, -0.25) is 0 Å². The van der Waals surface area contributed by atoms with E-state index in [0.717, 1.165) is 55.8 Å². The van der Waals surface area contributed by atoms with E-state index in [1.807, 2.05) is 0 Å². The van der Waals surface area contributed by atoms with E-state index >= 15 is 0 Å². The van der Waals surface area contributed by atoms with Crippen molar-refractivity contribution in [1.29, 1.82) is 0 Å². The molecule has 2 aromatic heterocycles. The molecular weight excluding hydrogens is 693 g/mol. The van der Waals surface area contributed by atoms with Crippen molar-refractivity contribution in [3.8, 4) is 39.1 Å². The third-order valence-electron chi connectivity index (χ3n) is 11.2. The van der Waals surface area contributed by atoms with Gasteiger partial charge in [0.15, 0.2) is 0 Å². The van der Waals surface area contributed by atoms with E-state index in [0.29, 0.717) is 0 Å². The molecule has 3 nitrogen and oxygen atoms in total. The van der Waals surface area contributed by atoms with Gasteiger partial charge in [-0.1, -0.05) is 152 Å². The molecule has 0 aliphatic carbocycles. The number of rotatable bonds is 7. The van der Waals surface area contributed by atoms with Gasteiger partial charge in [0.05, 0.1) is 22.1 Å². The Bertz CT molecular complexity index is 3060. The molecule has 0 aliphatic heterocycles. The molecule has 0 amide bonds. The van der Waals surface area contributed by atoms with Crippen LogP contribution in [0, 0.1) is 0 Å². The molecule has 11 rings (SSSR count). The molecule has 0 aliphatic rings. The molecule has 57 heavy (non-hydrogen) atoms. The second-order valence-corrected chi connectivity index (χ2v) is 14.5. The van der Waals surface area contributed by atoms with Gasteiger partial charge < -0.3 is 13.9 Å². The number of furan rings is 1. The van der Waals surface area contributed by atoms with Gasteiger partial charge in [0.1, 0.15) is 11.2 Å². The molecule has 0 bridgehead atoms. The molecule has 0 spiro atoms. The molecule has 0 saturated heterocycles. The van der Waals surface area contributed by atoms with Gasteiger partial charge in [-0.05, 0) is 88.5 Å². The van der Waals surface area contributed by atoms with Gasteiger partial charge in [-0.15, -0.1) is 0 Å². The van der Waals surface area contributed by atoms with Crippen LogP contribution in [0.4, 0.5) is 17.1 Å². The molecule has 0 N–H and O–H groups in total. The van der Waals surface area contributed by atoms with Gasteiger partial charge in [0.2, 0.25) is 0 Å². The highest BCUT2D eigenvalue weighted by molar-refractivity contribution is 6.17. The predicted molar refractivity (Wildman–Crippen MR) is 239 cm³/mol. The first-order chi connectivity index (χ1) is 28.3. The summed E-state index contributed by atoms with van der Waals surface area (Å²) in [5.41, 5.74) is 15.2. The van der Waals surface area contributed by atoms with E-state index in [4.69, 9.17) is 4.42 Å². The maximum atomic E-state index is 7.08. The van der Waals surface area contributed by atoms with Crippen LogP contribution in [0.25, 0.3) is 82.8 Å². The van der Waals surface area contributed by atoms with Gasteiger partial charge in [-0.25, -0.2) is 0 Å². The number of hydrogen-bond acceptors (Lipinski definition) is 2. The van der Waals surface area contributed by atoms with E-state index in [9.17, 15) is 0 Å². The van der Waals surface area contributed by atoms with Crippen molar-refractivity contribution in [2.45, 2.75) is 0 Å². The molecular formula is C54H36N2O. The van der Waals surface area contributed by atoms with Gasteiger partial charge in [0, 0.05) is 44.9 Å². The fourth-order valence-electron chi connectivity index (χ4n) is 8.52. The monoisotopic (exact) mass is 728 g/mol. The number of para-hydroxylation sites is 2. The Morgan fingerprint density at radius 2 is 0.807 bits per heavy atom. The SMILES string of the molecule is c1ccc(-c2ccc(N(c3ccc(-c4ccccc4)cc3)c3ccc4c(c3)oc3c(-c5ccccc5)ccc(-n5c6ccccc6c6ccccc65)c34)cc2)cc1. The summed E-state index contributed by atoms with van der Waals surface area (Å²) < 4.78 is 9.48. The summed E-state index contributed by atoms with van der Waals surface area (Å²) in [5, 5.41) is 4.63. The van der Waals surface area contributed by atoms with Gasteiger partial charge in [0.25, 0.3) is 0 Å². The van der Waals surface area contributed by atoms with Gasteiger partial charge >= 0.3 is 0 Å². The highest BCUT2D eigenvalue weighted by Crippen LogP contribution is 2.45. The third kappa shape index (κ3) is 5.60. The van der Waals surface area contributed by atoms with Crippen LogP contribution in [0.1, 0.15) is 0 Å². The zero-order valence-electron chi connectivity index (χ0n) is 31.1. The molecule has 3 heteroatoms. The first kappa shape index (κ1) is 32.8. The molecule has 0 unspecified atom stereocenters. The Hall–Kier alpha value is -7.62. The highest BCUT2D eigenvalue weighted by atomic mass is 16.3. The maximum Gasteiger partial charge on any atom is 0.145 e. The van der Waals surface area contributed by atoms with E-state index < -0.39 is 0 Å². The number of benzene rings is 9. The van der Waals surface area contributed by atoms with Crippen LogP contribution < -0.4 is 4.90 Å². The molecule has 2 heterocycles. The molecule has 11 aromatic rings. The number of aromatic nitrogens is 1. The summed E-state index contributed by atoms with van der Waals surface area (Å²) in [4.78, 5) is 2.32. The van der Waals surface area contributed by atoms with E-state index in [1.54, 1.807) is 0 Å². The molecule has 0 saturated carbocycles. The van der Waals surface area contributed by atoms with Crippen molar-refractivity contribution in [2.75, 3.05) is 4.90 Å². The van der Waals surface area contributed by atoms with Gasteiger partial charge in [-0.2, -0.15) is 0 Å². The fraction of sp³-hybridized carbons (Fsp3) is 0. The number of hydrogen-bond donors (Lipinski definition) is 0. The van der Waals surface area contributed by atoms with E-state index in [1.165, 1.54) is 44.1 Å². The maximum absolute atomic E-state index is 7.08. The van der Waals surface area contributed by atoms with Crippen molar-refractivity contribution in [3.63, 3.8) is 0 Å². The van der Waals surface area contributed by atoms with Crippen LogP contribution in [0.3, 0.4) is 0 Å². The molecule has 0 atom stereocenters. The van der Waals surface area contributed by atoms with Crippen molar-refractivity contribution in [3.05, 3.63) is 218 Å². The standard InChI is InChI=1S/C54H36N2O/c1-4-14-37(15-5-1)39-24-28-42(29-25-39)55(43-30-26-40(27-31-43)38-16-6-2-7-17-38)44-32-33-48-52(36-44)57-54-45(41-18-8-3-9-19-41)34-35-51(53(48)54)56-49-22-12-10-20-46(49)47-21-11-13-23-50(47)56/h1-36H. The number of anilines is 3. The fourth-order valence-corrected chi connectivity index (χ4v) is 8.52. The lowest BCUT2D eigenvalue weighted by Gasteiger charge is -2.26. The Morgan fingerprint density at radius 1 is 0.351 bits per heavy atom. The second-order valence-electron chi connectivity index (χ2n) is 14.5. The third-order valence-corrected chi connectivity index (χ3v) is 11.2.